The van der Waals surface area contributed by atoms with Crippen LogP contribution in [-0.2, 0) is 6.42 Å². The van der Waals surface area contributed by atoms with E-state index in [4.69, 9.17) is 11.6 Å². The monoisotopic (exact) mass is 261 g/mol. The van der Waals surface area contributed by atoms with Gasteiger partial charge in [0.25, 0.3) is 0 Å². The van der Waals surface area contributed by atoms with Gasteiger partial charge in [-0.15, -0.1) is 0 Å². The van der Waals surface area contributed by atoms with E-state index < -0.39 is 0 Å². The quantitative estimate of drug-likeness (QED) is 0.916. The highest BCUT2D eigenvalue weighted by Gasteiger charge is 2.03. The molecular formula is C14H16ClN3. The van der Waals surface area contributed by atoms with Crippen LogP contribution < -0.4 is 5.32 Å². The van der Waals surface area contributed by atoms with Crippen molar-refractivity contribution < 1.29 is 0 Å². The third-order valence-electron chi connectivity index (χ3n) is 2.51. The van der Waals surface area contributed by atoms with Crippen molar-refractivity contribution in [3.05, 3.63) is 52.4 Å². The van der Waals surface area contributed by atoms with Crippen LogP contribution in [0.25, 0.3) is 0 Å². The molecule has 3 nitrogen and oxygen atoms in total. The summed E-state index contributed by atoms with van der Waals surface area (Å²) in [5.74, 6) is 1.69. The zero-order valence-corrected chi connectivity index (χ0v) is 11.3. The number of nitrogens with zero attached hydrogens (tertiary/aromatic N) is 2. The van der Waals surface area contributed by atoms with E-state index >= 15 is 0 Å². The molecule has 1 aromatic carbocycles. The molecule has 0 saturated heterocycles. The number of nitrogens with one attached hydrogen (secondary N) is 1. The zero-order chi connectivity index (χ0) is 13.0. The van der Waals surface area contributed by atoms with Crippen LogP contribution in [0.3, 0.4) is 0 Å². The van der Waals surface area contributed by atoms with Crippen molar-refractivity contribution >= 4 is 17.4 Å². The molecule has 94 valence electrons. The number of hydrogen-bond donors (Lipinski definition) is 1. The standard InChI is InChI=1S/C14H16ClN3/c1-3-16-13-7-10(2)17-14(18-13)9-11-5-4-6-12(15)8-11/h4-8H,3,9H2,1-2H3,(H,16,17,18). The zero-order valence-electron chi connectivity index (χ0n) is 10.6. The Morgan fingerprint density at radius 1 is 1.22 bits per heavy atom. The smallest absolute Gasteiger partial charge is 0.135 e. The number of hydrogen-bond acceptors (Lipinski definition) is 3. The molecule has 0 aliphatic rings. The summed E-state index contributed by atoms with van der Waals surface area (Å²) in [4.78, 5) is 8.93. The third-order valence-corrected chi connectivity index (χ3v) is 2.74. The molecule has 0 atom stereocenters. The summed E-state index contributed by atoms with van der Waals surface area (Å²) >= 11 is 5.97. The number of rotatable bonds is 4. The highest BCUT2D eigenvalue weighted by molar-refractivity contribution is 6.30. The Morgan fingerprint density at radius 2 is 2.06 bits per heavy atom. The fraction of sp³-hybridized carbons (Fsp3) is 0.286. The summed E-state index contributed by atoms with van der Waals surface area (Å²) in [6, 6.07) is 9.74. The lowest BCUT2D eigenvalue weighted by atomic mass is 10.1. The van der Waals surface area contributed by atoms with E-state index in [1.165, 1.54) is 0 Å². The van der Waals surface area contributed by atoms with Gasteiger partial charge in [0.1, 0.15) is 11.6 Å². The first-order valence-electron chi connectivity index (χ1n) is 6.00. The van der Waals surface area contributed by atoms with E-state index in [0.717, 1.165) is 34.5 Å². The minimum atomic E-state index is 0.695. The Balaban J connectivity index is 2.23. The molecule has 1 aromatic heterocycles. The summed E-state index contributed by atoms with van der Waals surface area (Å²) in [6.45, 7) is 4.88. The highest BCUT2D eigenvalue weighted by Crippen LogP contribution is 2.14. The van der Waals surface area contributed by atoms with Crippen LogP contribution in [0.2, 0.25) is 5.02 Å². The molecule has 4 heteroatoms. The normalized spacial score (nSPS) is 10.4. The van der Waals surface area contributed by atoms with Crippen molar-refractivity contribution in [3.8, 4) is 0 Å². The number of halogens is 1. The minimum Gasteiger partial charge on any atom is -0.370 e. The van der Waals surface area contributed by atoms with Gasteiger partial charge < -0.3 is 5.32 Å². The second kappa shape index (κ2) is 5.83. The molecule has 0 saturated carbocycles. The van der Waals surface area contributed by atoms with Crippen LogP contribution in [0.5, 0.6) is 0 Å². The first kappa shape index (κ1) is 12.8. The average Bonchev–Trinajstić information content (AvgIpc) is 2.28. The average molecular weight is 262 g/mol. The van der Waals surface area contributed by atoms with Crippen molar-refractivity contribution in [1.29, 1.82) is 0 Å². The Bertz CT molecular complexity index is 540. The van der Waals surface area contributed by atoms with Gasteiger partial charge in [-0.2, -0.15) is 0 Å². The van der Waals surface area contributed by atoms with Crippen molar-refractivity contribution in [1.82, 2.24) is 9.97 Å². The van der Waals surface area contributed by atoms with Gasteiger partial charge in [-0.1, -0.05) is 23.7 Å². The molecule has 1 heterocycles. The van der Waals surface area contributed by atoms with E-state index in [9.17, 15) is 0 Å². The molecule has 2 rings (SSSR count). The molecule has 0 radical (unpaired) electrons. The maximum absolute atomic E-state index is 5.97. The Morgan fingerprint density at radius 3 is 2.78 bits per heavy atom. The van der Waals surface area contributed by atoms with E-state index in [1.807, 2.05) is 44.2 Å². The van der Waals surface area contributed by atoms with E-state index in [1.54, 1.807) is 0 Å². The lowest BCUT2D eigenvalue weighted by Crippen LogP contribution is -2.05. The van der Waals surface area contributed by atoms with Gasteiger partial charge in [-0.3, -0.25) is 0 Å². The van der Waals surface area contributed by atoms with E-state index in [2.05, 4.69) is 15.3 Å². The molecule has 18 heavy (non-hydrogen) atoms. The van der Waals surface area contributed by atoms with E-state index in [-0.39, 0.29) is 0 Å². The van der Waals surface area contributed by atoms with Crippen LogP contribution in [0.4, 0.5) is 5.82 Å². The van der Waals surface area contributed by atoms with Crippen molar-refractivity contribution in [2.24, 2.45) is 0 Å². The van der Waals surface area contributed by atoms with Gasteiger partial charge in [0.2, 0.25) is 0 Å². The summed E-state index contributed by atoms with van der Waals surface area (Å²) in [5, 5.41) is 3.95. The lowest BCUT2D eigenvalue weighted by molar-refractivity contribution is 0.938. The Kier molecular flexibility index (Phi) is 4.15. The van der Waals surface area contributed by atoms with Crippen LogP contribution in [0.1, 0.15) is 24.0 Å². The first-order chi connectivity index (χ1) is 8.67. The molecule has 0 bridgehead atoms. The van der Waals surface area contributed by atoms with Crippen molar-refractivity contribution in [2.75, 3.05) is 11.9 Å². The van der Waals surface area contributed by atoms with Gasteiger partial charge in [0.05, 0.1) is 0 Å². The number of anilines is 1. The summed E-state index contributed by atoms with van der Waals surface area (Å²) in [5.41, 5.74) is 2.09. The second-order valence-corrected chi connectivity index (χ2v) is 4.58. The first-order valence-corrected chi connectivity index (χ1v) is 6.38. The Labute approximate surface area is 112 Å². The van der Waals surface area contributed by atoms with Crippen molar-refractivity contribution in [2.45, 2.75) is 20.3 Å². The highest BCUT2D eigenvalue weighted by atomic mass is 35.5. The molecule has 0 aliphatic carbocycles. The molecule has 2 aromatic rings. The van der Waals surface area contributed by atoms with Gasteiger partial charge in [0.15, 0.2) is 0 Å². The topological polar surface area (TPSA) is 37.8 Å². The fourth-order valence-corrected chi connectivity index (χ4v) is 2.02. The van der Waals surface area contributed by atoms with Crippen molar-refractivity contribution in [3.63, 3.8) is 0 Å². The van der Waals surface area contributed by atoms with Gasteiger partial charge >= 0.3 is 0 Å². The predicted molar refractivity (Wildman–Crippen MR) is 75.2 cm³/mol. The van der Waals surface area contributed by atoms with Gasteiger partial charge in [0, 0.05) is 29.7 Å². The summed E-state index contributed by atoms with van der Waals surface area (Å²) in [6.07, 6.45) is 0.695. The maximum Gasteiger partial charge on any atom is 0.135 e. The Hall–Kier alpha value is -1.61. The largest absolute Gasteiger partial charge is 0.370 e. The number of aryl methyl sites for hydroxylation is 1. The molecule has 1 N–H and O–H groups in total. The minimum absolute atomic E-state index is 0.695. The molecule has 0 fully saturated rings. The SMILES string of the molecule is CCNc1cc(C)nc(Cc2cccc(Cl)c2)n1. The van der Waals surface area contributed by atoms with Crippen LogP contribution >= 0.6 is 11.6 Å². The van der Waals surface area contributed by atoms with Crippen LogP contribution in [0, 0.1) is 6.92 Å². The van der Waals surface area contributed by atoms with E-state index in [0.29, 0.717) is 6.42 Å². The number of aromatic nitrogens is 2. The maximum atomic E-state index is 5.97. The second-order valence-electron chi connectivity index (χ2n) is 4.15. The van der Waals surface area contributed by atoms with Gasteiger partial charge in [-0.05, 0) is 31.5 Å². The molecule has 0 spiro atoms. The molecular weight excluding hydrogens is 246 g/mol. The lowest BCUT2D eigenvalue weighted by Gasteiger charge is -2.07. The third kappa shape index (κ3) is 3.44. The fourth-order valence-electron chi connectivity index (χ4n) is 1.81. The molecule has 0 aliphatic heterocycles. The molecule has 0 unspecified atom stereocenters. The predicted octanol–water partition coefficient (Wildman–Crippen LogP) is 3.46. The number of benzene rings is 1. The van der Waals surface area contributed by atoms with Crippen LogP contribution in [-0.4, -0.2) is 16.5 Å². The van der Waals surface area contributed by atoms with Crippen LogP contribution in [0.15, 0.2) is 30.3 Å². The summed E-state index contributed by atoms with van der Waals surface area (Å²) < 4.78 is 0. The van der Waals surface area contributed by atoms with Gasteiger partial charge in [-0.25, -0.2) is 9.97 Å². The molecule has 0 amide bonds. The summed E-state index contributed by atoms with van der Waals surface area (Å²) in [7, 11) is 0.